The van der Waals surface area contributed by atoms with Crippen molar-refractivity contribution in [3.05, 3.63) is 30.3 Å². The predicted molar refractivity (Wildman–Crippen MR) is 72.6 cm³/mol. The Hall–Kier alpha value is -1.05. The highest BCUT2D eigenvalue weighted by Gasteiger charge is 2.26. The lowest BCUT2D eigenvalue weighted by Crippen LogP contribution is -2.27. The maximum absolute atomic E-state index is 12.0. The van der Waals surface area contributed by atoms with E-state index >= 15 is 0 Å². The van der Waals surface area contributed by atoms with Crippen LogP contribution in [0.25, 0.3) is 0 Å². The first-order valence-electron chi connectivity index (χ1n) is 5.51. The quantitative estimate of drug-likeness (QED) is 0.645. The Balaban J connectivity index is 0.000000357. The second kappa shape index (κ2) is 7.40. The van der Waals surface area contributed by atoms with Crippen LogP contribution in [0.3, 0.4) is 0 Å². The Labute approximate surface area is 113 Å². The van der Waals surface area contributed by atoms with Gasteiger partial charge in [-0.05, 0) is 25.0 Å². The lowest BCUT2D eigenvalue weighted by atomic mass is 10.4. The van der Waals surface area contributed by atoms with Crippen LogP contribution in [-0.2, 0) is 14.8 Å². The maximum Gasteiger partial charge on any atom is 0.243 e. The Morgan fingerprint density at radius 2 is 1.67 bits per heavy atom. The molecule has 1 saturated heterocycles. The van der Waals surface area contributed by atoms with E-state index < -0.39 is 10.0 Å². The van der Waals surface area contributed by atoms with Crippen LogP contribution in [-0.4, -0.2) is 32.2 Å². The van der Waals surface area contributed by atoms with Gasteiger partial charge in [0.15, 0.2) is 0 Å². The number of benzene rings is 1. The summed E-state index contributed by atoms with van der Waals surface area (Å²) in [5.74, 6) is 0. The number of nitrogens with one attached hydrogen (secondary N) is 1. The molecule has 1 aromatic carbocycles. The van der Waals surface area contributed by atoms with Gasteiger partial charge in [0.25, 0.3) is 0 Å². The topological polar surface area (TPSA) is 66.5 Å². The largest absolute Gasteiger partial charge is 0.305 e. The van der Waals surface area contributed by atoms with E-state index in [0.29, 0.717) is 24.4 Å². The molecule has 0 unspecified atom stereocenters. The molecule has 0 atom stereocenters. The number of carbonyl (C=O) groups is 1. The fourth-order valence-electron chi connectivity index (χ4n) is 1.67. The second-order valence-corrected chi connectivity index (χ2v) is 5.87. The summed E-state index contributed by atoms with van der Waals surface area (Å²) in [7, 11) is -3.21. The van der Waals surface area contributed by atoms with Gasteiger partial charge in [0.05, 0.1) is 4.90 Å². The summed E-state index contributed by atoms with van der Waals surface area (Å²) in [6.07, 6.45) is 2.45. The zero-order chi connectivity index (χ0) is 13.4. The smallest absolute Gasteiger partial charge is 0.243 e. The fraction of sp³-hybridized carbons (Fsp3) is 0.364. The van der Waals surface area contributed by atoms with Crippen molar-refractivity contribution in [2.24, 2.45) is 0 Å². The number of hydrogen-bond donors (Lipinski definition) is 2. The van der Waals surface area contributed by atoms with E-state index in [1.54, 1.807) is 28.6 Å². The molecule has 0 bridgehead atoms. The first kappa shape index (κ1) is 15.0. The van der Waals surface area contributed by atoms with Crippen molar-refractivity contribution in [1.82, 2.24) is 9.03 Å². The van der Waals surface area contributed by atoms with Crippen molar-refractivity contribution in [2.45, 2.75) is 17.7 Å². The van der Waals surface area contributed by atoms with Gasteiger partial charge in [-0.15, -0.1) is 0 Å². The second-order valence-electron chi connectivity index (χ2n) is 3.67. The minimum Gasteiger partial charge on any atom is -0.305 e. The molecular weight excluding hydrogens is 272 g/mol. The molecule has 1 N–H and O–H groups in total. The Morgan fingerprint density at radius 1 is 1.17 bits per heavy atom. The molecule has 1 amide bonds. The normalized spacial score (nSPS) is 15.6. The Bertz CT molecular complexity index is 456. The molecule has 5 nitrogen and oxygen atoms in total. The number of carbonyl (C=O) groups excluding carboxylic acids is 1. The molecule has 0 aromatic heterocycles. The van der Waals surface area contributed by atoms with Crippen molar-refractivity contribution in [2.75, 3.05) is 13.1 Å². The number of rotatable bonds is 3. The first-order chi connectivity index (χ1) is 8.62. The highest BCUT2D eigenvalue weighted by atomic mass is 32.2. The molecule has 0 radical (unpaired) electrons. The van der Waals surface area contributed by atoms with Crippen LogP contribution < -0.4 is 4.72 Å². The maximum atomic E-state index is 12.0. The van der Waals surface area contributed by atoms with Crippen LogP contribution in [0.15, 0.2) is 35.2 Å². The first-order valence-corrected chi connectivity index (χ1v) is 7.40. The zero-order valence-electron chi connectivity index (χ0n) is 9.82. The third kappa shape index (κ3) is 4.01. The van der Waals surface area contributed by atoms with Crippen LogP contribution in [0.1, 0.15) is 12.8 Å². The summed E-state index contributed by atoms with van der Waals surface area (Å²) in [5.41, 5.74) is 0. The third-order valence-corrected chi connectivity index (χ3v) is 4.52. The number of thiol groups is 1. The predicted octanol–water partition coefficient (Wildman–Crippen LogP) is 1.05. The molecule has 0 spiro atoms. The highest BCUT2D eigenvalue weighted by molar-refractivity contribution is 7.89. The summed E-state index contributed by atoms with van der Waals surface area (Å²) in [6, 6.07) is 8.62. The van der Waals surface area contributed by atoms with Crippen LogP contribution in [0.2, 0.25) is 0 Å². The summed E-state index contributed by atoms with van der Waals surface area (Å²) in [4.78, 5) is 9.39. The molecule has 1 fully saturated rings. The lowest BCUT2D eigenvalue weighted by molar-refractivity contribution is -0.107. The van der Waals surface area contributed by atoms with E-state index in [-0.39, 0.29) is 0 Å². The number of sulfonamides is 1. The van der Waals surface area contributed by atoms with E-state index in [9.17, 15) is 8.42 Å². The van der Waals surface area contributed by atoms with Gasteiger partial charge in [0, 0.05) is 13.1 Å². The number of nitrogens with zero attached hydrogens (tertiary/aromatic N) is 1. The van der Waals surface area contributed by atoms with Crippen molar-refractivity contribution in [3.63, 3.8) is 0 Å². The van der Waals surface area contributed by atoms with Gasteiger partial charge < -0.3 is 4.72 Å². The fourth-order valence-corrected chi connectivity index (χ4v) is 3.21. The van der Waals surface area contributed by atoms with Gasteiger partial charge in [-0.1, -0.05) is 31.0 Å². The summed E-state index contributed by atoms with van der Waals surface area (Å²) < 4.78 is 27.4. The van der Waals surface area contributed by atoms with Crippen LogP contribution in [0, 0.1) is 0 Å². The molecule has 2 rings (SSSR count). The van der Waals surface area contributed by atoms with Crippen LogP contribution >= 0.6 is 12.8 Å². The standard InChI is InChI=1S/C10H13NO2S.CH3NOS/c12-14(13,11-8-4-5-9-11)10-6-2-1-3-7-10;3-1-2-4/h1-3,6-7H,4-5,8-9H2;1,4H,(H,2,3). The molecule has 0 aliphatic carbocycles. The molecule has 1 aromatic rings. The van der Waals surface area contributed by atoms with Crippen molar-refractivity contribution in [1.29, 1.82) is 0 Å². The minimum absolute atomic E-state index is 0.405. The average Bonchev–Trinajstić information content (AvgIpc) is 2.95. The molecule has 100 valence electrons. The van der Waals surface area contributed by atoms with Gasteiger partial charge >= 0.3 is 0 Å². The molecule has 0 saturated carbocycles. The summed E-state index contributed by atoms with van der Waals surface area (Å²) in [6.45, 7) is 1.33. The van der Waals surface area contributed by atoms with E-state index in [4.69, 9.17) is 4.79 Å². The van der Waals surface area contributed by atoms with Crippen molar-refractivity contribution < 1.29 is 13.2 Å². The summed E-state index contributed by atoms with van der Waals surface area (Å²) >= 11 is 3.30. The molecule has 1 aliphatic rings. The van der Waals surface area contributed by atoms with Gasteiger partial charge in [-0.25, -0.2) is 8.42 Å². The third-order valence-electron chi connectivity index (χ3n) is 2.50. The monoisotopic (exact) mass is 288 g/mol. The van der Waals surface area contributed by atoms with Gasteiger partial charge in [0.1, 0.15) is 0 Å². The van der Waals surface area contributed by atoms with E-state index in [1.807, 2.05) is 10.8 Å². The van der Waals surface area contributed by atoms with Gasteiger partial charge in [-0.2, -0.15) is 4.31 Å². The van der Waals surface area contributed by atoms with Crippen molar-refractivity contribution >= 4 is 29.2 Å². The molecule has 1 aliphatic heterocycles. The van der Waals surface area contributed by atoms with E-state index in [2.05, 4.69) is 12.8 Å². The number of hydrogen-bond acceptors (Lipinski definition) is 4. The van der Waals surface area contributed by atoms with E-state index in [1.165, 1.54) is 0 Å². The minimum atomic E-state index is -3.21. The van der Waals surface area contributed by atoms with Crippen molar-refractivity contribution in [3.8, 4) is 0 Å². The van der Waals surface area contributed by atoms with E-state index in [0.717, 1.165) is 12.8 Å². The molecule has 18 heavy (non-hydrogen) atoms. The molecule has 7 heteroatoms. The van der Waals surface area contributed by atoms with Gasteiger partial charge in [0.2, 0.25) is 16.4 Å². The lowest BCUT2D eigenvalue weighted by Gasteiger charge is -2.14. The average molecular weight is 288 g/mol. The molecular formula is C11H16N2O3S2. The summed E-state index contributed by atoms with van der Waals surface area (Å²) in [5, 5.41) is 0. The van der Waals surface area contributed by atoms with Crippen LogP contribution in [0.5, 0.6) is 0 Å². The zero-order valence-corrected chi connectivity index (χ0v) is 11.5. The van der Waals surface area contributed by atoms with Gasteiger partial charge in [-0.3, -0.25) is 4.79 Å². The Kier molecular flexibility index (Phi) is 6.17. The molecule has 1 heterocycles. The van der Waals surface area contributed by atoms with Crippen LogP contribution in [0.4, 0.5) is 0 Å². The number of amides is 1. The highest BCUT2D eigenvalue weighted by Crippen LogP contribution is 2.19. The Morgan fingerprint density at radius 3 is 2.11 bits per heavy atom. The SMILES string of the molecule is O=CNS.O=S(=O)(c1ccccc1)N1CCCC1.